The fourth-order valence-electron chi connectivity index (χ4n) is 1.86. The van der Waals surface area contributed by atoms with Crippen LogP contribution in [0.15, 0.2) is 18.2 Å². The lowest BCUT2D eigenvalue weighted by Crippen LogP contribution is -2.31. The molecule has 2 rings (SSSR count). The van der Waals surface area contributed by atoms with Gasteiger partial charge in [-0.25, -0.2) is 0 Å². The van der Waals surface area contributed by atoms with E-state index in [2.05, 4.69) is 10.1 Å². The van der Waals surface area contributed by atoms with E-state index in [0.717, 1.165) is 0 Å². The van der Waals surface area contributed by atoms with E-state index in [4.69, 9.17) is 27.9 Å². The number of nitrogens with one attached hydrogen (secondary N) is 1. The summed E-state index contributed by atoms with van der Waals surface area (Å²) in [6.45, 7) is 0.597. The van der Waals surface area contributed by atoms with E-state index in [1.165, 1.54) is 7.11 Å². The van der Waals surface area contributed by atoms with Crippen molar-refractivity contribution in [2.75, 3.05) is 13.7 Å². The van der Waals surface area contributed by atoms with Crippen LogP contribution >= 0.6 is 35.6 Å². The predicted molar refractivity (Wildman–Crippen MR) is 76.5 cm³/mol. The average Bonchev–Trinajstić information content (AvgIpc) is 2.81. The van der Waals surface area contributed by atoms with Crippen LogP contribution < -0.4 is 10.1 Å². The van der Waals surface area contributed by atoms with Gasteiger partial charge in [0, 0.05) is 19.0 Å². The van der Waals surface area contributed by atoms with Crippen LogP contribution in [0.1, 0.15) is 6.42 Å². The van der Waals surface area contributed by atoms with Crippen molar-refractivity contribution in [3.63, 3.8) is 0 Å². The molecular formula is C12H14Cl3NO3. The van der Waals surface area contributed by atoms with Crippen molar-refractivity contribution in [3.8, 4) is 5.75 Å². The molecule has 0 aliphatic carbocycles. The maximum atomic E-state index is 11.3. The van der Waals surface area contributed by atoms with Crippen LogP contribution in [-0.4, -0.2) is 31.8 Å². The molecule has 1 aliphatic rings. The maximum absolute atomic E-state index is 11.3. The summed E-state index contributed by atoms with van der Waals surface area (Å²) in [4.78, 5) is 11.3. The number of benzene rings is 1. The molecule has 4 nitrogen and oxygen atoms in total. The zero-order chi connectivity index (χ0) is 13.1. The third-order valence-electron chi connectivity index (χ3n) is 2.77. The molecule has 1 heterocycles. The van der Waals surface area contributed by atoms with Gasteiger partial charge in [-0.3, -0.25) is 4.79 Å². The Labute approximate surface area is 127 Å². The van der Waals surface area contributed by atoms with Gasteiger partial charge in [0.05, 0.1) is 17.2 Å². The normalized spacial score (nSPS) is 21.6. The number of ether oxygens (including phenoxy) is 2. The number of methoxy groups -OCH3 is 1. The Morgan fingerprint density at radius 3 is 2.74 bits per heavy atom. The van der Waals surface area contributed by atoms with Gasteiger partial charge in [0.15, 0.2) is 0 Å². The standard InChI is InChI=1S/C12H13Cl2NO3.ClH/c1-17-12(16)11-5-8(6-15-11)18-7-2-3-9(13)10(14)4-7;/h2-4,8,11,15H,5-6H2,1H3;1H/t8-,11-;/m0./s1. The number of carbonyl (C=O) groups excluding carboxylic acids is 1. The molecule has 1 saturated heterocycles. The van der Waals surface area contributed by atoms with Crippen LogP contribution in [0, 0.1) is 0 Å². The fourth-order valence-corrected chi connectivity index (χ4v) is 2.15. The average molecular weight is 327 g/mol. The summed E-state index contributed by atoms with van der Waals surface area (Å²) in [5, 5.41) is 3.98. The molecular weight excluding hydrogens is 312 g/mol. The van der Waals surface area contributed by atoms with Crippen molar-refractivity contribution in [2.24, 2.45) is 0 Å². The minimum atomic E-state index is -0.303. The Kier molecular flexibility index (Phi) is 6.20. The van der Waals surface area contributed by atoms with Crippen molar-refractivity contribution in [2.45, 2.75) is 18.6 Å². The van der Waals surface area contributed by atoms with Crippen LogP contribution in [0.5, 0.6) is 5.75 Å². The van der Waals surface area contributed by atoms with Crippen molar-refractivity contribution < 1.29 is 14.3 Å². The lowest BCUT2D eigenvalue weighted by Gasteiger charge is -2.13. The molecule has 0 radical (unpaired) electrons. The van der Waals surface area contributed by atoms with Gasteiger partial charge in [-0.15, -0.1) is 12.4 Å². The summed E-state index contributed by atoms with van der Waals surface area (Å²) in [6, 6.07) is 4.79. The summed E-state index contributed by atoms with van der Waals surface area (Å²) in [5.41, 5.74) is 0. The SMILES string of the molecule is COC(=O)[C@@H]1C[C@H](Oc2ccc(Cl)c(Cl)c2)CN1.Cl. The smallest absolute Gasteiger partial charge is 0.323 e. The topological polar surface area (TPSA) is 47.6 Å². The van der Waals surface area contributed by atoms with Crippen LogP contribution in [0.25, 0.3) is 0 Å². The zero-order valence-corrected chi connectivity index (χ0v) is 12.5. The van der Waals surface area contributed by atoms with Crippen molar-refractivity contribution in [1.82, 2.24) is 5.32 Å². The third kappa shape index (κ3) is 4.14. The Bertz CT molecular complexity index is 456. The van der Waals surface area contributed by atoms with Gasteiger partial charge in [-0.1, -0.05) is 23.2 Å². The molecule has 1 aliphatic heterocycles. The predicted octanol–water partition coefficient (Wildman–Crippen LogP) is 2.70. The second kappa shape index (κ2) is 7.20. The van der Waals surface area contributed by atoms with Crippen molar-refractivity contribution in [3.05, 3.63) is 28.2 Å². The molecule has 7 heteroatoms. The largest absolute Gasteiger partial charge is 0.489 e. The monoisotopic (exact) mass is 325 g/mol. The molecule has 19 heavy (non-hydrogen) atoms. The van der Waals surface area contributed by atoms with Crippen LogP contribution in [0.4, 0.5) is 0 Å². The first-order chi connectivity index (χ1) is 8.60. The molecule has 1 aromatic carbocycles. The minimum absolute atomic E-state index is 0. The quantitative estimate of drug-likeness (QED) is 0.868. The molecule has 0 aromatic heterocycles. The molecule has 1 fully saturated rings. The molecule has 2 atom stereocenters. The fraction of sp³-hybridized carbons (Fsp3) is 0.417. The highest BCUT2D eigenvalue weighted by Gasteiger charge is 2.31. The molecule has 0 bridgehead atoms. The maximum Gasteiger partial charge on any atom is 0.323 e. The van der Waals surface area contributed by atoms with E-state index in [0.29, 0.717) is 28.8 Å². The van der Waals surface area contributed by atoms with Crippen LogP contribution in [-0.2, 0) is 9.53 Å². The molecule has 0 unspecified atom stereocenters. The summed E-state index contributed by atoms with van der Waals surface area (Å²) < 4.78 is 10.4. The first-order valence-electron chi connectivity index (χ1n) is 5.53. The molecule has 0 spiro atoms. The first-order valence-corrected chi connectivity index (χ1v) is 6.28. The van der Waals surface area contributed by atoms with Gasteiger partial charge in [-0.05, 0) is 12.1 Å². The van der Waals surface area contributed by atoms with Crippen molar-refractivity contribution in [1.29, 1.82) is 0 Å². The van der Waals surface area contributed by atoms with Gasteiger partial charge in [0.2, 0.25) is 0 Å². The van der Waals surface area contributed by atoms with Gasteiger partial charge < -0.3 is 14.8 Å². The van der Waals surface area contributed by atoms with E-state index in [1.807, 2.05) is 0 Å². The number of hydrogen-bond donors (Lipinski definition) is 1. The minimum Gasteiger partial charge on any atom is -0.489 e. The highest BCUT2D eigenvalue weighted by atomic mass is 35.5. The van der Waals surface area contributed by atoms with E-state index in [1.54, 1.807) is 18.2 Å². The summed E-state index contributed by atoms with van der Waals surface area (Å²) in [7, 11) is 1.37. The summed E-state index contributed by atoms with van der Waals surface area (Å²) in [6.07, 6.45) is 0.499. The van der Waals surface area contributed by atoms with E-state index in [-0.39, 0.29) is 30.5 Å². The third-order valence-corrected chi connectivity index (χ3v) is 3.51. The Balaban J connectivity index is 0.00000180. The molecule has 1 N–H and O–H groups in total. The van der Waals surface area contributed by atoms with Crippen LogP contribution in [0.2, 0.25) is 10.0 Å². The summed E-state index contributed by atoms with van der Waals surface area (Å²) >= 11 is 11.7. The Hall–Kier alpha value is -0.680. The molecule has 1 aromatic rings. The second-order valence-electron chi connectivity index (χ2n) is 4.04. The number of hydrogen-bond acceptors (Lipinski definition) is 4. The van der Waals surface area contributed by atoms with Gasteiger partial charge in [0.25, 0.3) is 0 Å². The lowest BCUT2D eigenvalue weighted by atomic mass is 10.2. The van der Waals surface area contributed by atoms with Gasteiger partial charge >= 0.3 is 5.97 Å². The molecule has 0 amide bonds. The second-order valence-corrected chi connectivity index (χ2v) is 4.85. The van der Waals surface area contributed by atoms with Crippen LogP contribution in [0.3, 0.4) is 0 Å². The van der Waals surface area contributed by atoms with Crippen molar-refractivity contribution >= 4 is 41.6 Å². The lowest BCUT2D eigenvalue weighted by molar-refractivity contribution is -0.142. The van der Waals surface area contributed by atoms with Gasteiger partial charge in [0.1, 0.15) is 17.9 Å². The zero-order valence-electron chi connectivity index (χ0n) is 10.2. The van der Waals surface area contributed by atoms with Gasteiger partial charge in [-0.2, -0.15) is 0 Å². The highest BCUT2D eigenvalue weighted by Crippen LogP contribution is 2.27. The number of esters is 1. The van der Waals surface area contributed by atoms with E-state index < -0.39 is 0 Å². The molecule has 106 valence electrons. The first kappa shape index (κ1) is 16.4. The number of halogens is 3. The summed E-state index contributed by atoms with van der Waals surface area (Å²) in [5.74, 6) is 0.372. The highest BCUT2D eigenvalue weighted by molar-refractivity contribution is 6.42. The van der Waals surface area contributed by atoms with E-state index >= 15 is 0 Å². The number of carbonyl (C=O) groups is 1. The molecule has 0 saturated carbocycles. The Morgan fingerprint density at radius 1 is 1.37 bits per heavy atom. The van der Waals surface area contributed by atoms with E-state index in [9.17, 15) is 4.79 Å². The Morgan fingerprint density at radius 2 is 2.11 bits per heavy atom. The number of rotatable bonds is 3.